The summed E-state index contributed by atoms with van der Waals surface area (Å²) < 4.78 is 5.59. The predicted octanol–water partition coefficient (Wildman–Crippen LogP) is 1.71. The molecule has 0 bridgehead atoms. The van der Waals surface area contributed by atoms with E-state index >= 15 is 0 Å². The summed E-state index contributed by atoms with van der Waals surface area (Å²) in [6.07, 6.45) is 2.29. The first-order valence-electron chi connectivity index (χ1n) is 6.93. The molecule has 4 nitrogen and oxygen atoms in total. The molecule has 0 radical (unpaired) electrons. The molecule has 19 heavy (non-hydrogen) atoms. The molecule has 1 aliphatic heterocycles. The highest BCUT2D eigenvalue weighted by molar-refractivity contribution is 5.83. The van der Waals surface area contributed by atoms with Gasteiger partial charge in [0.2, 0.25) is 5.91 Å². The van der Waals surface area contributed by atoms with E-state index in [0.29, 0.717) is 13.1 Å². The van der Waals surface area contributed by atoms with Crippen LogP contribution in [0.15, 0.2) is 30.3 Å². The van der Waals surface area contributed by atoms with Crippen molar-refractivity contribution in [2.24, 2.45) is 5.73 Å². The summed E-state index contributed by atoms with van der Waals surface area (Å²) in [5.74, 6) is -0.0239. The Kier molecular flexibility index (Phi) is 4.93. The van der Waals surface area contributed by atoms with Crippen LogP contribution in [0.5, 0.6) is 0 Å². The highest BCUT2D eigenvalue weighted by Crippen LogP contribution is 2.17. The average molecular weight is 262 g/mol. The van der Waals surface area contributed by atoms with Crippen LogP contribution in [0.1, 0.15) is 31.4 Å². The largest absolute Gasteiger partial charge is 0.376 e. The molecule has 1 aromatic rings. The van der Waals surface area contributed by atoms with Gasteiger partial charge in [-0.05, 0) is 25.3 Å². The lowest BCUT2D eigenvalue weighted by Gasteiger charge is -2.26. The molecule has 1 fully saturated rings. The maximum atomic E-state index is 12.4. The number of nitrogens with two attached hydrogens (primary N) is 1. The van der Waals surface area contributed by atoms with E-state index in [4.69, 9.17) is 10.5 Å². The van der Waals surface area contributed by atoms with E-state index in [9.17, 15) is 4.79 Å². The Hall–Kier alpha value is -1.39. The molecule has 1 unspecified atom stereocenters. The molecule has 0 aromatic heterocycles. The number of rotatable bonds is 5. The van der Waals surface area contributed by atoms with E-state index in [1.54, 1.807) is 4.90 Å². The maximum Gasteiger partial charge on any atom is 0.244 e. The fraction of sp³-hybridized carbons (Fsp3) is 0.533. The summed E-state index contributed by atoms with van der Waals surface area (Å²) in [7, 11) is 0. The van der Waals surface area contributed by atoms with Crippen LogP contribution >= 0.6 is 0 Å². The second-order valence-electron chi connectivity index (χ2n) is 4.90. The highest BCUT2D eigenvalue weighted by atomic mass is 16.5. The van der Waals surface area contributed by atoms with E-state index in [2.05, 4.69) is 0 Å². The van der Waals surface area contributed by atoms with Crippen LogP contribution in [0.2, 0.25) is 0 Å². The van der Waals surface area contributed by atoms with Crippen LogP contribution in [0, 0.1) is 0 Å². The maximum absolute atomic E-state index is 12.4. The van der Waals surface area contributed by atoms with Gasteiger partial charge in [-0.2, -0.15) is 0 Å². The molecule has 0 spiro atoms. The highest BCUT2D eigenvalue weighted by Gasteiger charge is 2.25. The van der Waals surface area contributed by atoms with Crippen LogP contribution in [0.3, 0.4) is 0 Å². The lowest BCUT2D eigenvalue weighted by atomic mass is 10.1. The summed E-state index contributed by atoms with van der Waals surface area (Å²) in [4.78, 5) is 14.2. The molecule has 1 heterocycles. The van der Waals surface area contributed by atoms with Crippen molar-refractivity contribution in [3.8, 4) is 0 Å². The normalized spacial score (nSPS) is 20.2. The van der Waals surface area contributed by atoms with Gasteiger partial charge in [0.1, 0.15) is 6.04 Å². The van der Waals surface area contributed by atoms with Crippen LogP contribution in [-0.4, -0.2) is 36.6 Å². The number of likely N-dealkylation sites (N-methyl/N-ethyl adjacent to an activating group) is 1. The van der Waals surface area contributed by atoms with Crippen LogP contribution < -0.4 is 5.73 Å². The van der Waals surface area contributed by atoms with Crippen LogP contribution in [-0.2, 0) is 9.53 Å². The van der Waals surface area contributed by atoms with Crippen molar-refractivity contribution >= 4 is 5.91 Å². The minimum atomic E-state index is -0.581. The van der Waals surface area contributed by atoms with Gasteiger partial charge < -0.3 is 15.4 Å². The topological polar surface area (TPSA) is 55.6 Å². The van der Waals surface area contributed by atoms with Gasteiger partial charge >= 0.3 is 0 Å². The molecule has 1 aromatic carbocycles. The van der Waals surface area contributed by atoms with Gasteiger partial charge in [-0.3, -0.25) is 4.79 Å². The monoisotopic (exact) mass is 262 g/mol. The van der Waals surface area contributed by atoms with E-state index in [1.807, 2.05) is 37.3 Å². The lowest BCUT2D eigenvalue weighted by Crippen LogP contribution is -2.42. The zero-order chi connectivity index (χ0) is 13.7. The quantitative estimate of drug-likeness (QED) is 0.879. The minimum Gasteiger partial charge on any atom is -0.376 e. The Morgan fingerprint density at radius 1 is 1.47 bits per heavy atom. The lowest BCUT2D eigenvalue weighted by molar-refractivity contribution is -0.134. The first-order valence-corrected chi connectivity index (χ1v) is 6.93. The van der Waals surface area contributed by atoms with Crippen molar-refractivity contribution in [1.29, 1.82) is 0 Å². The molecule has 1 aliphatic rings. The molecule has 1 saturated heterocycles. The third kappa shape index (κ3) is 3.55. The zero-order valence-corrected chi connectivity index (χ0v) is 11.4. The van der Waals surface area contributed by atoms with Crippen molar-refractivity contribution in [3.05, 3.63) is 35.9 Å². The van der Waals surface area contributed by atoms with Gasteiger partial charge in [0, 0.05) is 19.7 Å². The Balaban J connectivity index is 1.99. The van der Waals surface area contributed by atoms with Gasteiger partial charge in [0.15, 0.2) is 0 Å². The third-order valence-corrected chi connectivity index (χ3v) is 3.57. The number of carbonyl (C=O) groups is 1. The molecule has 0 saturated carbocycles. The second-order valence-corrected chi connectivity index (χ2v) is 4.90. The number of hydrogen-bond donors (Lipinski definition) is 1. The van der Waals surface area contributed by atoms with Crippen LogP contribution in [0.4, 0.5) is 0 Å². The van der Waals surface area contributed by atoms with E-state index in [0.717, 1.165) is 25.0 Å². The second kappa shape index (κ2) is 6.68. The average Bonchev–Trinajstić information content (AvgIpc) is 2.97. The standard InChI is InChI=1S/C15H22N2O2/c1-2-17(11-13-9-6-10-19-13)15(18)14(16)12-7-4-3-5-8-12/h3-5,7-8,13-14H,2,6,9-11,16H2,1H3/t13?,14-/m1/s1. The molecule has 2 N–H and O–H groups in total. The SMILES string of the molecule is CCN(CC1CCCO1)C(=O)[C@H](N)c1ccccc1. The van der Waals surface area contributed by atoms with Crippen molar-refractivity contribution < 1.29 is 9.53 Å². The summed E-state index contributed by atoms with van der Waals surface area (Å²) >= 11 is 0. The minimum absolute atomic E-state index is 0.0239. The summed E-state index contributed by atoms with van der Waals surface area (Å²) in [6, 6.07) is 8.93. The van der Waals surface area contributed by atoms with Crippen molar-refractivity contribution in [1.82, 2.24) is 4.90 Å². The first-order chi connectivity index (χ1) is 9.22. The van der Waals surface area contributed by atoms with Crippen molar-refractivity contribution in [2.75, 3.05) is 19.7 Å². The van der Waals surface area contributed by atoms with E-state index < -0.39 is 6.04 Å². The number of carbonyl (C=O) groups excluding carboxylic acids is 1. The predicted molar refractivity (Wildman–Crippen MR) is 74.6 cm³/mol. The molecule has 0 aliphatic carbocycles. The molecule has 2 atom stereocenters. The third-order valence-electron chi connectivity index (χ3n) is 3.57. The van der Waals surface area contributed by atoms with Crippen molar-refractivity contribution in [3.63, 3.8) is 0 Å². The zero-order valence-electron chi connectivity index (χ0n) is 11.4. The van der Waals surface area contributed by atoms with Gasteiger partial charge in [0.25, 0.3) is 0 Å². The number of amides is 1. The molecule has 104 valence electrons. The molecule has 4 heteroatoms. The molecule has 1 amide bonds. The van der Waals surface area contributed by atoms with Crippen molar-refractivity contribution in [2.45, 2.75) is 31.9 Å². The number of ether oxygens (including phenoxy) is 1. The molecule has 2 rings (SSSR count). The fourth-order valence-electron chi connectivity index (χ4n) is 2.41. The van der Waals surface area contributed by atoms with Gasteiger partial charge in [-0.15, -0.1) is 0 Å². The van der Waals surface area contributed by atoms with Crippen LogP contribution in [0.25, 0.3) is 0 Å². The molecular weight excluding hydrogens is 240 g/mol. The first kappa shape index (κ1) is 14.0. The summed E-state index contributed by atoms with van der Waals surface area (Å²) in [5.41, 5.74) is 6.92. The van der Waals surface area contributed by atoms with E-state index in [1.165, 1.54) is 0 Å². The Morgan fingerprint density at radius 3 is 2.79 bits per heavy atom. The Morgan fingerprint density at radius 2 is 2.21 bits per heavy atom. The summed E-state index contributed by atoms with van der Waals surface area (Å²) in [5, 5.41) is 0. The Labute approximate surface area is 114 Å². The van der Waals surface area contributed by atoms with E-state index in [-0.39, 0.29) is 12.0 Å². The van der Waals surface area contributed by atoms with Gasteiger partial charge in [-0.25, -0.2) is 0 Å². The number of benzene rings is 1. The smallest absolute Gasteiger partial charge is 0.244 e. The Bertz CT molecular complexity index is 402. The fourth-order valence-corrected chi connectivity index (χ4v) is 2.41. The number of hydrogen-bond acceptors (Lipinski definition) is 3. The molecular formula is C15H22N2O2. The van der Waals surface area contributed by atoms with Gasteiger partial charge in [-0.1, -0.05) is 30.3 Å². The van der Waals surface area contributed by atoms with Gasteiger partial charge in [0.05, 0.1) is 6.10 Å². The number of nitrogens with zero attached hydrogens (tertiary/aromatic N) is 1. The summed E-state index contributed by atoms with van der Waals surface area (Å²) in [6.45, 7) is 4.10.